The normalized spacial score (nSPS) is 21.1. The number of amides is 2. The number of benzene rings is 1. The smallest absolute Gasteiger partial charge is 0.270 e. The van der Waals surface area contributed by atoms with Gasteiger partial charge in [0.15, 0.2) is 5.79 Å². The van der Waals surface area contributed by atoms with E-state index in [0.29, 0.717) is 18.8 Å². The summed E-state index contributed by atoms with van der Waals surface area (Å²) < 4.78 is 17.6. The number of carbonyl (C=O) groups is 2. The average molecular weight is 414 g/mol. The second-order valence-corrected chi connectivity index (χ2v) is 7.19. The van der Waals surface area contributed by atoms with Crippen LogP contribution < -0.4 is 10.6 Å². The molecule has 9 nitrogen and oxygen atoms in total. The molecular weight excluding hydrogens is 388 g/mol. The Morgan fingerprint density at radius 1 is 1.03 bits per heavy atom. The molecule has 160 valence electrons. The van der Waals surface area contributed by atoms with Gasteiger partial charge in [-0.15, -0.1) is 0 Å². The van der Waals surface area contributed by atoms with Crippen molar-refractivity contribution in [3.8, 4) is 0 Å². The van der Waals surface area contributed by atoms with Gasteiger partial charge in [-0.3, -0.25) is 9.59 Å². The lowest BCUT2D eigenvalue weighted by Gasteiger charge is -2.37. The Balaban J connectivity index is 1.65. The van der Waals surface area contributed by atoms with Gasteiger partial charge in [0.1, 0.15) is 24.2 Å². The largest absolute Gasteiger partial charge is 0.371 e. The third-order valence-corrected chi connectivity index (χ3v) is 4.49. The highest BCUT2D eigenvalue weighted by molar-refractivity contribution is 5.94. The van der Waals surface area contributed by atoms with Gasteiger partial charge in [-0.25, -0.2) is 9.97 Å². The molecule has 0 radical (unpaired) electrons. The van der Waals surface area contributed by atoms with Crippen molar-refractivity contribution in [2.24, 2.45) is 0 Å². The predicted octanol–water partition coefficient (Wildman–Crippen LogP) is 1.17. The molecule has 1 saturated heterocycles. The highest BCUT2D eigenvalue weighted by atomic mass is 16.7. The summed E-state index contributed by atoms with van der Waals surface area (Å²) >= 11 is 0. The maximum atomic E-state index is 12.4. The lowest BCUT2D eigenvalue weighted by atomic mass is 10.1. The van der Waals surface area contributed by atoms with Crippen molar-refractivity contribution in [1.82, 2.24) is 20.6 Å². The van der Waals surface area contributed by atoms with Gasteiger partial charge < -0.3 is 24.8 Å². The first-order chi connectivity index (χ1) is 14.4. The fraction of sp³-hybridized carbons (Fsp3) is 0.429. The first-order valence-electron chi connectivity index (χ1n) is 9.75. The molecular formula is C21H26N4O5. The van der Waals surface area contributed by atoms with Crippen molar-refractivity contribution in [3.05, 3.63) is 60.2 Å². The minimum atomic E-state index is -0.860. The van der Waals surface area contributed by atoms with E-state index < -0.39 is 18.0 Å². The van der Waals surface area contributed by atoms with Crippen LogP contribution in [0, 0.1) is 0 Å². The van der Waals surface area contributed by atoms with Gasteiger partial charge in [-0.1, -0.05) is 18.2 Å². The first-order valence-corrected chi connectivity index (χ1v) is 9.75. The molecule has 2 atom stereocenters. The van der Waals surface area contributed by atoms with Crippen LogP contribution in [0.15, 0.2) is 48.9 Å². The van der Waals surface area contributed by atoms with Crippen LogP contribution in [0.4, 0.5) is 0 Å². The number of nitrogens with zero attached hydrogens (tertiary/aromatic N) is 2. The highest BCUT2D eigenvalue weighted by Gasteiger charge is 2.33. The molecule has 0 spiro atoms. The number of aromatic nitrogens is 2. The molecule has 2 aromatic rings. The van der Waals surface area contributed by atoms with E-state index >= 15 is 0 Å². The fourth-order valence-corrected chi connectivity index (χ4v) is 3.03. The van der Waals surface area contributed by atoms with E-state index in [1.54, 1.807) is 38.1 Å². The summed E-state index contributed by atoms with van der Waals surface area (Å²) in [6.07, 6.45) is 1.78. The Kier molecular flexibility index (Phi) is 7.45. The van der Waals surface area contributed by atoms with Crippen molar-refractivity contribution in [3.63, 3.8) is 0 Å². The summed E-state index contributed by atoms with van der Waals surface area (Å²) in [7, 11) is 0. The quantitative estimate of drug-likeness (QED) is 0.730. The Bertz CT molecular complexity index is 832. The molecule has 0 aliphatic carbocycles. The standard InChI is InChI=1S/C21H26N4O5/c1-21(2)29-11-10-28-17(12-24-20(27)16-8-9-22-14-25-16)18(30-21)13-23-19(26)15-6-4-3-5-7-15/h3-9,14,17-18H,10-13H2,1-2H3,(H,23,26)(H,24,27)/t17-,18+/m1/s1. The zero-order chi connectivity index (χ0) is 21.4. The predicted molar refractivity (Wildman–Crippen MR) is 108 cm³/mol. The number of hydrogen-bond acceptors (Lipinski definition) is 7. The van der Waals surface area contributed by atoms with Crippen molar-refractivity contribution in [2.45, 2.75) is 31.8 Å². The van der Waals surface area contributed by atoms with E-state index in [1.807, 2.05) is 6.07 Å². The summed E-state index contributed by atoms with van der Waals surface area (Å²) in [6.45, 7) is 4.68. The fourth-order valence-electron chi connectivity index (χ4n) is 3.03. The Morgan fingerprint density at radius 2 is 1.77 bits per heavy atom. The Labute approximate surface area is 175 Å². The van der Waals surface area contributed by atoms with Gasteiger partial charge in [0.05, 0.1) is 13.2 Å². The van der Waals surface area contributed by atoms with Crippen LogP contribution in [0.2, 0.25) is 0 Å². The second-order valence-electron chi connectivity index (χ2n) is 7.19. The summed E-state index contributed by atoms with van der Waals surface area (Å²) in [5.41, 5.74) is 0.808. The molecule has 2 amide bonds. The number of hydrogen-bond donors (Lipinski definition) is 2. The van der Waals surface area contributed by atoms with Crippen LogP contribution >= 0.6 is 0 Å². The monoisotopic (exact) mass is 414 g/mol. The van der Waals surface area contributed by atoms with Gasteiger partial charge in [0, 0.05) is 24.8 Å². The van der Waals surface area contributed by atoms with Gasteiger partial charge in [-0.2, -0.15) is 0 Å². The van der Waals surface area contributed by atoms with E-state index in [4.69, 9.17) is 14.2 Å². The summed E-state index contributed by atoms with van der Waals surface area (Å²) in [4.78, 5) is 32.5. The number of rotatable bonds is 6. The first kappa shape index (κ1) is 21.8. The summed E-state index contributed by atoms with van der Waals surface area (Å²) in [5.74, 6) is -1.42. The summed E-state index contributed by atoms with van der Waals surface area (Å²) in [5, 5.41) is 5.68. The molecule has 3 rings (SSSR count). The SMILES string of the molecule is CC1(C)OCCO[C@H](CNC(=O)c2ccncn2)[C@H](CNC(=O)c2ccccc2)O1. The zero-order valence-corrected chi connectivity index (χ0v) is 17.0. The molecule has 30 heavy (non-hydrogen) atoms. The van der Waals surface area contributed by atoms with E-state index in [1.165, 1.54) is 18.6 Å². The molecule has 0 saturated carbocycles. The molecule has 1 aromatic heterocycles. The molecule has 1 fully saturated rings. The topological polar surface area (TPSA) is 112 Å². The van der Waals surface area contributed by atoms with Crippen molar-refractivity contribution < 1.29 is 23.8 Å². The van der Waals surface area contributed by atoms with E-state index in [-0.39, 0.29) is 30.6 Å². The van der Waals surface area contributed by atoms with Crippen LogP contribution in [0.25, 0.3) is 0 Å². The average Bonchev–Trinajstić information content (AvgIpc) is 2.76. The van der Waals surface area contributed by atoms with Crippen LogP contribution in [-0.2, 0) is 14.2 Å². The van der Waals surface area contributed by atoms with Gasteiger partial charge in [0.2, 0.25) is 0 Å². The van der Waals surface area contributed by atoms with Crippen molar-refractivity contribution in [1.29, 1.82) is 0 Å². The number of ether oxygens (including phenoxy) is 3. The van der Waals surface area contributed by atoms with E-state index in [9.17, 15) is 9.59 Å². The third-order valence-electron chi connectivity index (χ3n) is 4.49. The Hall–Kier alpha value is -2.88. The minimum absolute atomic E-state index is 0.185. The molecule has 0 bridgehead atoms. The maximum Gasteiger partial charge on any atom is 0.270 e. The molecule has 1 aliphatic rings. The number of carbonyl (C=O) groups excluding carboxylic acids is 2. The van der Waals surface area contributed by atoms with E-state index in [0.717, 1.165) is 0 Å². The van der Waals surface area contributed by atoms with Crippen LogP contribution in [-0.4, -0.2) is 66.1 Å². The molecule has 0 unspecified atom stereocenters. The minimum Gasteiger partial charge on any atom is -0.371 e. The molecule has 1 aromatic carbocycles. The molecule has 9 heteroatoms. The van der Waals surface area contributed by atoms with Gasteiger partial charge >= 0.3 is 0 Å². The van der Waals surface area contributed by atoms with Crippen LogP contribution in [0.5, 0.6) is 0 Å². The summed E-state index contributed by atoms with van der Waals surface area (Å²) in [6, 6.07) is 10.4. The molecule has 1 aliphatic heterocycles. The van der Waals surface area contributed by atoms with Crippen molar-refractivity contribution in [2.75, 3.05) is 26.3 Å². The third kappa shape index (κ3) is 6.31. The van der Waals surface area contributed by atoms with Crippen LogP contribution in [0.1, 0.15) is 34.7 Å². The zero-order valence-electron chi connectivity index (χ0n) is 17.0. The van der Waals surface area contributed by atoms with Crippen molar-refractivity contribution >= 4 is 11.8 Å². The maximum absolute atomic E-state index is 12.4. The van der Waals surface area contributed by atoms with Crippen LogP contribution in [0.3, 0.4) is 0 Å². The second kappa shape index (κ2) is 10.2. The molecule has 2 N–H and O–H groups in total. The van der Waals surface area contributed by atoms with E-state index in [2.05, 4.69) is 20.6 Å². The lowest BCUT2D eigenvalue weighted by molar-refractivity contribution is -0.277. The number of nitrogens with one attached hydrogen (secondary N) is 2. The van der Waals surface area contributed by atoms with Gasteiger partial charge in [-0.05, 0) is 32.0 Å². The highest BCUT2D eigenvalue weighted by Crippen LogP contribution is 2.20. The Morgan fingerprint density at radius 3 is 2.50 bits per heavy atom. The lowest BCUT2D eigenvalue weighted by Crippen LogP contribution is -2.52. The molecule has 2 heterocycles. The van der Waals surface area contributed by atoms with Gasteiger partial charge in [0.25, 0.3) is 11.8 Å².